The van der Waals surface area contributed by atoms with Gasteiger partial charge in [0, 0.05) is 18.5 Å². The molecule has 0 bridgehead atoms. The van der Waals surface area contributed by atoms with Gasteiger partial charge in [-0.3, -0.25) is 9.36 Å². The summed E-state index contributed by atoms with van der Waals surface area (Å²) in [4.78, 5) is 21.7. The van der Waals surface area contributed by atoms with Gasteiger partial charge in [-0.2, -0.15) is 13.2 Å². The lowest BCUT2D eigenvalue weighted by atomic mass is 10.1. The fourth-order valence-corrected chi connectivity index (χ4v) is 3.65. The first-order chi connectivity index (χ1) is 10.9. The molecule has 8 heteroatoms. The number of fused-ring (bicyclic) bond motifs is 2. The van der Waals surface area contributed by atoms with Crippen LogP contribution in [0.4, 0.5) is 13.2 Å². The zero-order chi connectivity index (χ0) is 16.2. The molecule has 0 spiro atoms. The van der Waals surface area contributed by atoms with E-state index in [1.54, 1.807) is 4.57 Å². The number of halogens is 3. The molecule has 0 fully saturated rings. The van der Waals surface area contributed by atoms with E-state index in [1.165, 1.54) is 23.5 Å². The van der Waals surface area contributed by atoms with Crippen LogP contribution in [0.15, 0.2) is 29.1 Å². The Kier molecular flexibility index (Phi) is 3.06. The molecule has 23 heavy (non-hydrogen) atoms. The zero-order valence-corrected chi connectivity index (χ0v) is 12.5. The monoisotopic (exact) mass is 337 g/mol. The smallest absolute Gasteiger partial charge is 0.295 e. The maximum Gasteiger partial charge on any atom is 0.416 e. The van der Waals surface area contributed by atoms with Gasteiger partial charge in [0.1, 0.15) is 10.8 Å². The summed E-state index contributed by atoms with van der Waals surface area (Å²) in [6.45, 7) is 0.643. The van der Waals surface area contributed by atoms with E-state index in [1.807, 2.05) is 0 Å². The average molecular weight is 337 g/mol. The number of aromatic nitrogens is 3. The van der Waals surface area contributed by atoms with Crippen molar-refractivity contribution in [1.82, 2.24) is 14.5 Å². The molecule has 2 aromatic heterocycles. The third kappa shape index (κ3) is 2.33. The molecular formula is C15H10F3N3OS. The van der Waals surface area contributed by atoms with Crippen LogP contribution in [0.2, 0.25) is 0 Å². The molecule has 4 rings (SSSR count). The van der Waals surface area contributed by atoms with Crippen LogP contribution >= 0.6 is 11.3 Å². The summed E-state index contributed by atoms with van der Waals surface area (Å²) in [6, 6.07) is 4.76. The Morgan fingerprint density at radius 2 is 1.87 bits per heavy atom. The summed E-state index contributed by atoms with van der Waals surface area (Å²) in [5.74, 6) is 0.755. The Morgan fingerprint density at radius 1 is 1.13 bits per heavy atom. The van der Waals surface area contributed by atoms with Crippen LogP contribution < -0.4 is 5.56 Å². The summed E-state index contributed by atoms with van der Waals surface area (Å²) in [5.41, 5.74) is -0.0439. The highest BCUT2D eigenvalue weighted by molar-refractivity contribution is 7.21. The van der Waals surface area contributed by atoms with E-state index in [0.717, 1.165) is 30.8 Å². The van der Waals surface area contributed by atoms with Gasteiger partial charge in [0.15, 0.2) is 10.3 Å². The van der Waals surface area contributed by atoms with E-state index in [2.05, 4.69) is 9.97 Å². The van der Waals surface area contributed by atoms with Crippen molar-refractivity contribution in [3.63, 3.8) is 0 Å². The number of nitrogens with zero attached hydrogens (tertiary/aromatic N) is 3. The van der Waals surface area contributed by atoms with Crippen LogP contribution in [-0.4, -0.2) is 14.5 Å². The van der Waals surface area contributed by atoms with Crippen molar-refractivity contribution in [2.75, 3.05) is 0 Å². The quantitative estimate of drug-likeness (QED) is 0.683. The molecule has 3 heterocycles. The summed E-state index contributed by atoms with van der Waals surface area (Å²) in [6.07, 6.45) is -2.71. The highest BCUT2D eigenvalue weighted by Gasteiger charge is 2.30. The molecule has 4 nitrogen and oxygen atoms in total. The van der Waals surface area contributed by atoms with Crippen LogP contribution in [0.5, 0.6) is 0 Å². The second-order valence-corrected chi connectivity index (χ2v) is 6.31. The first-order valence-corrected chi connectivity index (χ1v) is 7.83. The van der Waals surface area contributed by atoms with Crippen LogP contribution in [0.25, 0.3) is 20.9 Å². The van der Waals surface area contributed by atoms with Crippen molar-refractivity contribution in [2.45, 2.75) is 25.6 Å². The van der Waals surface area contributed by atoms with Crippen LogP contribution in [0, 0.1) is 0 Å². The zero-order valence-electron chi connectivity index (χ0n) is 11.7. The summed E-state index contributed by atoms with van der Waals surface area (Å²) >= 11 is 1.23. The SMILES string of the molecule is O=c1c2nc(-c3ccc(C(F)(F)F)cc3)sc2nc2n1CCC2. The highest BCUT2D eigenvalue weighted by Crippen LogP contribution is 2.33. The van der Waals surface area contributed by atoms with Crippen molar-refractivity contribution in [1.29, 1.82) is 0 Å². The van der Waals surface area contributed by atoms with Gasteiger partial charge in [-0.25, -0.2) is 9.97 Å². The minimum Gasteiger partial charge on any atom is -0.295 e. The highest BCUT2D eigenvalue weighted by atomic mass is 32.1. The normalized spacial score (nSPS) is 14.4. The molecule has 1 aliphatic rings. The lowest BCUT2D eigenvalue weighted by Gasteiger charge is -2.06. The van der Waals surface area contributed by atoms with Crippen molar-refractivity contribution in [3.8, 4) is 10.6 Å². The number of thiazole rings is 1. The molecule has 0 saturated carbocycles. The van der Waals surface area contributed by atoms with Gasteiger partial charge in [0.05, 0.1) is 5.56 Å². The standard InChI is InChI=1S/C15H10F3N3OS/c16-15(17,18)9-5-3-8(4-6-9)12-20-11-13(23-12)19-10-2-1-7-21(10)14(11)22/h3-6H,1-2,7H2. The Morgan fingerprint density at radius 3 is 2.57 bits per heavy atom. The maximum atomic E-state index is 12.6. The lowest BCUT2D eigenvalue weighted by molar-refractivity contribution is -0.137. The summed E-state index contributed by atoms with van der Waals surface area (Å²) in [7, 11) is 0. The van der Waals surface area contributed by atoms with Crippen molar-refractivity contribution >= 4 is 21.7 Å². The van der Waals surface area contributed by atoms with Gasteiger partial charge in [0.25, 0.3) is 5.56 Å². The topological polar surface area (TPSA) is 47.8 Å². The second kappa shape index (κ2) is 4.89. The lowest BCUT2D eigenvalue weighted by Crippen LogP contribution is -2.20. The first kappa shape index (κ1) is 14.4. The average Bonchev–Trinajstić information content (AvgIpc) is 3.13. The predicted octanol–water partition coefficient (Wildman–Crippen LogP) is 3.49. The Bertz CT molecular complexity index is 957. The molecule has 0 atom stereocenters. The minimum atomic E-state index is -4.37. The Labute approximate surface area is 132 Å². The molecule has 0 aliphatic carbocycles. The van der Waals surface area contributed by atoms with Crippen LogP contribution in [0.1, 0.15) is 17.8 Å². The van der Waals surface area contributed by atoms with Gasteiger partial charge >= 0.3 is 6.18 Å². The van der Waals surface area contributed by atoms with E-state index in [0.29, 0.717) is 21.9 Å². The van der Waals surface area contributed by atoms with Gasteiger partial charge < -0.3 is 0 Å². The number of rotatable bonds is 1. The molecule has 0 amide bonds. The number of aryl methyl sites for hydroxylation is 1. The summed E-state index contributed by atoms with van der Waals surface area (Å²) < 4.78 is 39.5. The Balaban J connectivity index is 1.81. The molecule has 0 N–H and O–H groups in total. The molecule has 3 aromatic rings. The van der Waals surface area contributed by atoms with Crippen LogP contribution in [-0.2, 0) is 19.1 Å². The molecule has 0 saturated heterocycles. The number of hydrogen-bond donors (Lipinski definition) is 0. The molecule has 1 aliphatic heterocycles. The van der Waals surface area contributed by atoms with E-state index in [9.17, 15) is 18.0 Å². The molecule has 1 aromatic carbocycles. The Hall–Kier alpha value is -2.22. The van der Waals surface area contributed by atoms with Gasteiger partial charge in [-0.15, -0.1) is 0 Å². The van der Waals surface area contributed by atoms with Crippen LogP contribution in [0.3, 0.4) is 0 Å². The molecular weight excluding hydrogens is 327 g/mol. The minimum absolute atomic E-state index is 0.170. The van der Waals surface area contributed by atoms with Crippen molar-refractivity contribution in [3.05, 3.63) is 46.0 Å². The molecule has 0 radical (unpaired) electrons. The predicted molar refractivity (Wildman–Crippen MR) is 80.4 cm³/mol. The van der Waals surface area contributed by atoms with E-state index < -0.39 is 11.7 Å². The number of alkyl halides is 3. The third-order valence-electron chi connectivity index (χ3n) is 3.84. The van der Waals surface area contributed by atoms with Crippen molar-refractivity contribution < 1.29 is 13.2 Å². The number of benzene rings is 1. The maximum absolute atomic E-state index is 12.6. The van der Waals surface area contributed by atoms with E-state index in [-0.39, 0.29) is 11.1 Å². The fourth-order valence-electron chi connectivity index (χ4n) is 2.69. The third-order valence-corrected chi connectivity index (χ3v) is 4.84. The fraction of sp³-hybridized carbons (Fsp3) is 0.267. The molecule has 118 valence electrons. The van der Waals surface area contributed by atoms with Gasteiger partial charge in [0.2, 0.25) is 0 Å². The van der Waals surface area contributed by atoms with Crippen molar-refractivity contribution in [2.24, 2.45) is 0 Å². The number of hydrogen-bond acceptors (Lipinski definition) is 4. The first-order valence-electron chi connectivity index (χ1n) is 7.01. The van der Waals surface area contributed by atoms with E-state index in [4.69, 9.17) is 0 Å². The van der Waals surface area contributed by atoms with Gasteiger partial charge in [-0.05, 0) is 18.6 Å². The van der Waals surface area contributed by atoms with Gasteiger partial charge in [-0.1, -0.05) is 23.5 Å². The molecule has 0 unspecified atom stereocenters. The second-order valence-electron chi connectivity index (χ2n) is 5.34. The van der Waals surface area contributed by atoms with E-state index >= 15 is 0 Å². The largest absolute Gasteiger partial charge is 0.416 e. The summed E-state index contributed by atoms with van der Waals surface area (Å²) in [5, 5.41) is 0.502.